The van der Waals surface area contributed by atoms with Crippen molar-refractivity contribution >= 4 is 60.7 Å². The third-order valence-corrected chi connectivity index (χ3v) is 4.23. The van der Waals surface area contributed by atoms with Crippen molar-refractivity contribution in [2.24, 2.45) is 5.73 Å². The molecule has 0 aromatic heterocycles. The van der Waals surface area contributed by atoms with Crippen LogP contribution in [0.2, 0.25) is 0 Å². The van der Waals surface area contributed by atoms with Crippen molar-refractivity contribution in [1.29, 1.82) is 0 Å². The van der Waals surface area contributed by atoms with E-state index in [-0.39, 0.29) is 12.3 Å². The molecule has 0 aliphatic carbocycles. The predicted molar refractivity (Wildman–Crippen MR) is 96.5 cm³/mol. The first-order valence-corrected chi connectivity index (χ1v) is 8.09. The van der Waals surface area contributed by atoms with Gasteiger partial charge in [0, 0.05) is 14.5 Å². The van der Waals surface area contributed by atoms with Crippen molar-refractivity contribution in [3.8, 4) is 0 Å². The Morgan fingerprint density at radius 2 is 1.81 bits per heavy atom. The maximum Gasteiger partial charge on any atom is 0.228 e. The first-order chi connectivity index (χ1) is 9.95. The van der Waals surface area contributed by atoms with Crippen molar-refractivity contribution in [3.05, 3.63) is 62.5 Å². The molecule has 0 spiro atoms. The van der Waals surface area contributed by atoms with Gasteiger partial charge >= 0.3 is 0 Å². The minimum Gasteiger partial charge on any atom is -0.389 e. The van der Waals surface area contributed by atoms with Crippen LogP contribution in [0.5, 0.6) is 0 Å². The van der Waals surface area contributed by atoms with Crippen LogP contribution in [0.25, 0.3) is 0 Å². The van der Waals surface area contributed by atoms with Crippen molar-refractivity contribution in [1.82, 2.24) is 0 Å². The molecule has 0 fully saturated rings. The first-order valence-electron chi connectivity index (χ1n) is 6.09. The Labute approximate surface area is 145 Å². The molecule has 2 aromatic carbocycles. The Morgan fingerprint density at radius 3 is 2.43 bits per heavy atom. The molecule has 0 aliphatic heterocycles. The van der Waals surface area contributed by atoms with Gasteiger partial charge in [-0.1, -0.05) is 52.4 Å². The van der Waals surface area contributed by atoms with Crippen LogP contribution in [-0.2, 0) is 11.2 Å². The standard InChI is InChI=1S/C15H12Br2N2OS/c16-11-5-6-12(17)13(8-11)19-14(20)7-9-1-3-10(4-2-9)15(18)21/h1-6,8H,7H2,(H2,18,21)(H,19,20). The Balaban J connectivity index is 2.04. The molecule has 2 rings (SSSR count). The van der Waals surface area contributed by atoms with Gasteiger partial charge in [0.1, 0.15) is 4.99 Å². The van der Waals surface area contributed by atoms with Gasteiger partial charge in [0.25, 0.3) is 0 Å². The van der Waals surface area contributed by atoms with Crippen molar-refractivity contribution in [2.45, 2.75) is 6.42 Å². The van der Waals surface area contributed by atoms with Gasteiger partial charge in [-0.05, 0) is 39.7 Å². The predicted octanol–water partition coefficient (Wildman–Crippen LogP) is 4.03. The second-order valence-corrected chi connectivity index (χ2v) is 6.62. The lowest BCUT2D eigenvalue weighted by Crippen LogP contribution is -2.15. The van der Waals surface area contributed by atoms with E-state index in [9.17, 15) is 4.79 Å². The highest BCUT2D eigenvalue weighted by Gasteiger charge is 2.07. The number of nitrogens with one attached hydrogen (secondary N) is 1. The average molecular weight is 428 g/mol. The van der Waals surface area contributed by atoms with Crippen LogP contribution in [0, 0.1) is 0 Å². The number of thiocarbonyl (C=S) groups is 1. The van der Waals surface area contributed by atoms with Gasteiger partial charge in [-0.2, -0.15) is 0 Å². The molecule has 0 bridgehead atoms. The average Bonchev–Trinajstić information content (AvgIpc) is 2.43. The van der Waals surface area contributed by atoms with Gasteiger partial charge in [-0.25, -0.2) is 0 Å². The maximum absolute atomic E-state index is 12.1. The number of anilines is 1. The highest BCUT2D eigenvalue weighted by Crippen LogP contribution is 2.26. The Hall–Kier alpha value is -1.24. The smallest absolute Gasteiger partial charge is 0.228 e. The van der Waals surface area contributed by atoms with Crippen LogP contribution in [-0.4, -0.2) is 10.9 Å². The van der Waals surface area contributed by atoms with Crippen LogP contribution in [0.3, 0.4) is 0 Å². The van der Waals surface area contributed by atoms with Gasteiger partial charge < -0.3 is 11.1 Å². The number of rotatable bonds is 4. The number of halogens is 2. The van der Waals surface area contributed by atoms with Gasteiger partial charge in [0.05, 0.1) is 12.1 Å². The van der Waals surface area contributed by atoms with Crippen LogP contribution < -0.4 is 11.1 Å². The van der Waals surface area contributed by atoms with E-state index in [1.54, 1.807) is 0 Å². The summed E-state index contributed by atoms with van der Waals surface area (Å²) in [7, 11) is 0. The summed E-state index contributed by atoms with van der Waals surface area (Å²) >= 11 is 11.7. The SMILES string of the molecule is NC(=S)c1ccc(CC(=O)Nc2cc(Br)ccc2Br)cc1. The first kappa shape index (κ1) is 16.1. The van der Waals surface area contributed by atoms with Gasteiger partial charge in [0.2, 0.25) is 5.91 Å². The summed E-state index contributed by atoms with van der Waals surface area (Å²) < 4.78 is 1.74. The fraction of sp³-hybridized carbons (Fsp3) is 0.0667. The molecule has 21 heavy (non-hydrogen) atoms. The number of amides is 1. The number of nitrogens with two attached hydrogens (primary N) is 1. The molecule has 0 atom stereocenters. The summed E-state index contributed by atoms with van der Waals surface area (Å²) in [5.41, 5.74) is 7.97. The summed E-state index contributed by atoms with van der Waals surface area (Å²) in [5.74, 6) is -0.0862. The minimum atomic E-state index is -0.0862. The summed E-state index contributed by atoms with van der Waals surface area (Å²) in [6.07, 6.45) is 0.288. The highest BCUT2D eigenvalue weighted by molar-refractivity contribution is 9.11. The molecule has 3 N–H and O–H groups in total. The summed E-state index contributed by atoms with van der Waals surface area (Å²) in [5, 5.41) is 2.87. The van der Waals surface area contributed by atoms with E-state index in [0.29, 0.717) is 4.99 Å². The molecular formula is C15H12Br2N2OS. The van der Waals surface area contributed by atoms with E-state index in [1.807, 2.05) is 42.5 Å². The zero-order valence-electron chi connectivity index (χ0n) is 10.9. The van der Waals surface area contributed by atoms with Crippen LogP contribution >= 0.6 is 44.1 Å². The molecule has 6 heteroatoms. The number of hydrogen-bond donors (Lipinski definition) is 2. The number of carbonyl (C=O) groups is 1. The monoisotopic (exact) mass is 426 g/mol. The molecule has 2 aromatic rings. The molecular weight excluding hydrogens is 416 g/mol. The molecule has 0 radical (unpaired) electrons. The topological polar surface area (TPSA) is 55.1 Å². The van der Waals surface area contributed by atoms with Crippen molar-refractivity contribution < 1.29 is 4.79 Å². The quantitative estimate of drug-likeness (QED) is 0.724. The zero-order valence-corrected chi connectivity index (χ0v) is 14.9. The summed E-state index contributed by atoms with van der Waals surface area (Å²) in [6.45, 7) is 0. The zero-order chi connectivity index (χ0) is 15.4. The number of benzene rings is 2. The van der Waals surface area contributed by atoms with Gasteiger partial charge in [0.15, 0.2) is 0 Å². The number of hydrogen-bond acceptors (Lipinski definition) is 2. The Bertz CT molecular complexity index is 687. The van der Waals surface area contributed by atoms with E-state index in [4.69, 9.17) is 18.0 Å². The molecule has 0 saturated carbocycles. The third-order valence-electron chi connectivity index (χ3n) is 2.81. The Kier molecular flexibility index (Phi) is 5.50. The van der Waals surface area contributed by atoms with E-state index in [0.717, 1.165) is 25.8 Å². The lowest BCUT2D eigenvalue weighted by Gasteiger charge is -2.08. The van der Waals surface area contributed by atoms with E-state index < -0.39 is 0 Å². The molecule has 0 aliphatic rings. The second-order valence-electron chi connectivity index (χ2n) is 4.41. The minimum absolute atomic E-state index is 0.0862. The lowest BCUT2D eigenvalue weighted by molar-refractivity contribution is -0.115. The fourth-order valence-corrected chi connectivity index (χ4v) is 2.60. The highest BCUT2D eigenvalue weighted by atomic mass is 79.9. The normalized spacial score (nSPS) is 10.2. The number of carbonyl (C=O) groups excluding carboxylic acids is 1. The third kappa shape index (κ3) is 4.62. The molecule has 3 nitrogen and oxygen atoms in total. The van der Waals surface area contributed by atoms with Gasteiger partial charge in [-0.15, -0.1) is 0 Å². The summed E-state index contributed by atoms with van der Waals surface area (Å²) in [6, 6.07) is 13.0. The molecule has 0 saturated heterocycles. The molecule has 0 unspecified atom stereocenters. The van der Waals surface area contributed by atoms with Crippen molar-refractivity contribution in [3.63, 3.8) is 0 Å². The second kappa shape index (κ2) is 7.15. The van der Waals surface area contributed by atoms with Crippen molar-refractivity contribution in [2.75, 3.05) is 5.32 Å². The van der Waals surface area contributed by atoms with Crippen LogP contribution in [0.15, 0.2) is 51.4 Å². The summed E-state index contributed by atoms with van der Waals surface area (Å²) in [4.78, 5) is 12.4. The van der Waals surface area contributed by atoms with Crippen LogP contribution in [0.4, 0.5) is 5.69 Å². The Morgan fingerprint density at radius 1 is 1.14 bits per heavy atom. The van der Waals surface area contributed by atoms with Gasteiger partial charge in [-0.3, -0.25) is 4.79 Å². The molecule has 108 valence electrons. The van der Waals surface area contributed by atoms with Crippen LogP contribution in [0.1, 0.15) is 11.1 Å². The van der Waals surface area contributed by atoms with E-state index in [2.05, 4.69) is 37.2 Å². The molecule has 0 heterocycles. The largest absolute Gasteiger partial charge is 0.389 e. The molecule has 1 amide bonds. The fourth-order valence-electron chi connectivity index (χ4n) is 1.76. The maximum atomic E-state index is 12.1. The van der Waals surface area contributed by atoms with E-state index >= 15 is 0 Å². The van der Waals surface area contributed by atoms with E-state index in [1.165, 1.54) is 0 Å². The lowest BCUT2D eigenvalue weighted by atomic mass is 10.1.